The average molecular weight is 349 g/mol. The van der Waals surface area contributed by atoms with E-state index in [-0.39, 0.29) is 17.6 Å². The fraction of sp³-hybridized carbons (Fsp3) is 0.737. The van der Waals surface area contributed by atoms with Gasteiger partial charge in [-0.25, -0.2) is 0 Å². The molecule has 1 atom stereocenters. The fourth-order valence-corrected chi connectivity index (χ4v) is 4.77. The smallest absolute Gasteiger partial charge is 0.263 e. The molecule has 0 bridgehead atoms. The van der Waals surface area contributed by atoms with Crippen LogP contribution < -0.4 is 0 Å². The maximum atomic E-state index is 12.7. The van der Waals surface area contributed by atoms with Gasteiger partial charge in [0.05, 0.1) is 23.2 Å². The van der Waals surface area contributed by atoms with Crippen molar-refractivity contribution >= 4 is 17.2 Å². The molecule has 0 radical (unpaired) electrons. The Kier molecular flexibility index (Phi) is 4.43. The minimum absolute atomic E-state index is 0.0493. The molecule has 5 heteroatoms. The first-order chi connectivity index (χ1) is 11.5. The molecule has 4 rings (SSSR count). The Morgan fingerprint density at radius 2 is 2.12 bits per heavy atom. The highest BCUT2D eigenvalue weighted by Crippen LogP contribution is 2.38. The van der Waals surface area contributed by atoms with E-state index in [0.29, 0.717) is 0 Å². The van der Waals surface area contributed by atoms with Gasteiger partial charge < -0.3 is 14.4 Å². The summed E-state index contributed by atoms with van der Waals surface area (Å²) in [4.78, 5) is 16.8. The molecule has 132 valence electrons. The van der Waals surface area contributed by atoms with Crippen molar-refractivity contribution in [3.05, 3.63) is 21.4 Å². The molecule has 1 aromatic heterocycles. The molecular weight excluding hydrogens is 322 g/mol. The molecule has 24 heavy (non-hydrogen) atoms. The van der Waals surface area contributed by atoms with Crippen molar-refractivity contribution in [1.82, 2.24) is 4.90 Å². The third kappa shape index (κ3) is 3.39. The molecule has 4 nitrogen and oxygen atoms in total. The Bertz CT molecular complexity index is 595. The number of rotatable bonds is 4. The molecule has 1 aliphatic carbocycles. The third-order valence-corrected chi connectivity index (χ3v) is 6.92. The molecule has 1 spiro atoms. The number of carbonyl (C=O) groups is 1. The zero-order valence-electron chi connectivity index (χ0n) is 14.7. The van der Waals surface area contributed by atoms with Crippen LogP contribution in [0.3, 0.4) is 0 Å². The van der Waals surface area contributed by atoms with Crippen LogP contribution in [0.1, 0.15) is 52.2 Å². The summed E-state index contributed by atoms with van der Waals surface area (Å²) in [6.07, 6.45) is 5.79. The first-order valence-corrected chi connectivity index (χ1v) is 9.98. The molecule has 0 aromatic carbocycles. The quantitative estimate of drug-likeness (QED) is 0.834. The zero-order chi connectivity index (χ0) is 16.7. The van der Waals surface area contributed by atoms with E-state index >= 15 is 0 Å². The van der Waals surface area contributed by atoms with E-state index in [2.05, 4.69) is 13.8 Å². The molecule has 0 N–H and O–H groups in total. The lowest BCUT2D eigenvalue weighted by atomic mass is 9.88. The molecule has 0 unspecified atom stereocenters. The largest absolute Gasteiger partial charge is 0.375 e. The highest BCUT2D eigenvalue weighted by atomic mass is 32.1. The summed E-state index contributed by atoms with van der Waals surface area (Å²) in [5, 5.41) is 0. The summed E-state index contributed by atoms with van der Waals surface area (Å²) in [6, 6.07) is 2.03. The lowest BCUT2D eigenvalue weighted by Gasteiger charge is -2.38. The predicted molar refractivity (Wildman–Crippen MR) is 94.7 cm³/mol. The summed E-state index contributed by atoms with van der Waals surface area (Å²) in [5.74, 6) is 0.990. The summed E-state index contributed by atoms with van der Waals surface area (Å²) in [5.41, 5.74) is 1.17. The maximum absolute atomic E-state index is 12.7. The SMILES string of the molecule is Cc1cc(C(=O)N2CCC3(CC2)C[C@H](OCC2CC2)CO3)sc1C. The van der Waals surface area contributed by atoms with Crippen LogP contribution in [0, 0.1) is 19.8 Å². The molecular formula is C19H27NO3S. The van der Waals surface area contributed by atoms with Gasteiger partial charge in [-0.15, -0.1) is 11.3 Å². The minimum atomic E-state index is -0.0493. The maximum Gasteiger partial charge on any atom is 0.263 e. The van der Waals surface area contributed by atoms with E-state index < -0.39 is 0 Å². The Hall–Kier alpha value is -0.910. The second-order valence-corrected chi connectivity index (χ2v) is 9.00. The second kappa shape index (κ2) is 6.43. The van der Waals surface area contributed by atoms with Crippen LogP contribution in [0.4, 0.5) is 0 Å². The van der Waals surface area contributed by atoms with Crippen molar-refractivity contribution in [2.24, 2.45) is 5.92 Å². The number of nitrogens with zero attached hydrogens (tertiary/aromatic N) is 1. The van der Waals surface area contributed by atoms with Crippen molar-refractivity contribution in [3.63, 3.8) is 0 Å². The van der Waals surface area contributed by atoms with Crippen LogP contribution in [-0.2, 0) is 9.47 Å². The first-order valence-electron chi connectivity index (χ1n) is 9.16. The van der Waals surface area contributed by atoms with E-state index in [1.807, 2.05) is 11.0 Å². The van der Waals surface area contributed by atoms with Crippen LogP contribution in [0.2, 0.25) is 0 Å². The van der Waals surface area contributed by atoms with E-state index in [1.165, 1.54) is 23.3 Å². The normalized spacial score (nSPS) is 26.2. The summed E-state index contributed by atoms with van der Waals surface area (Å²) in [7, 11) is 0. The Morgan fingerprint density at radius 1 is 1.38 bits per heavy atom. The minimum Gasteiger partial charge on any atom is -0.375 e. The third-order valence-electron chi connectivity index (χ3n) is 5.78. The molecule has 3 aliphatic rings. The Balaban J connectivity index is 1.30. The van der Waals surface area contributed by atoms with E-state index in [0.717, 1.165) is 56.4 Å². The number of thiophene rings is 1. The number of hydrogen-bond acceptors (Lipinski definition) is 4. The molecule has 3 fully saturated rings. The molecule has 2 aliphatic heterocycles. The number of amides is 1. The molecule has 1 saturated carbocycles. The van der Waals surface area contributed by atoms with Gasteiger partial charge in [-0.05, 0) is 57.1 Å². The summed E-state index contributed by atoms with van der Waals surface area (Å²) >= 11 is 1.61. The Morgan fingerprint density at radius 3 is 2.75 bits per heavy atom. The van der Waals surface area contributed by atoms with Gasteiger partial charge >= 0.3 is 0 Å². The second-order valence-electron chi connectivity index (χ2n) is 7.74. The van der Waals surface area contributed by atoms with Crippen LogP contribution in [0.15, 0.2) is 6.07 Å². The van der Waals surface area contributed by atoms with Crippen molar-refractivity contribution in [3.8, 4) is 0 Å². The first kappa shape index (κ1) is 16.6. The monoisotopic (exact) mass is 349 g/mol. The summed E-state index contributed by atoms with van der Waals surface area (Å²) < 4.78 is 12.2. The van der Waals surface area contributed by atoms with Gasteiger partial charge in [0.2, 0.25) is 0 Å². The number of ether oxygens (including phenoxy) is 2. The lowest BCUT2D eigenvalue weighted by Crippen LogP contribution is -2.46. The molecule has 1 amide bonds. The number of aryl methyl sites for hydroxylation is 2. The van der Waals surface area contributed by atoms with Crippen LogP contribution in [-0.4, -0.2) is 48.8 Å². The van der Waals surface area contributed by atoms with E-state index in [9.17, 15) is 4.79 Å². The van der Waals surface area contributed by atoms with Crippen LogP contribution >= 0.6 is 11.3 Å². The van der Waals surface area contributed by atoms with E-state index in [4.69, 9.17) is 9.47 Å². The van der Waals surface area contributed by atoms with Crippen molar-refractivity contribution in [2.45, 2.75) is 57.7 Å². The highest BCUT2D eigenvalue weighted by molar-refractivity contribution is 7.14. The topological polar surface area (TPSA) is 38.8 Å². The molecule has 1 aromatic rings. The number of hydrogen-bond donors (Lipinski definition) is 0. The van der Waals surface area contributed by atoms with Gasteiger partial charge in [0.1, 0.15) is 0 Å². The predicted octanol–water partition coefficient (Wildman–Crippen LogP) is 3.56. The standard InChI is InChI=1S/C19H27NO3S/c1-13-9-17(24-14(13)2)18(21)20-7-5-19(6-8-20)10-16(12-23-19)22-11-15-3-4-15/h9,15-16H,3-8,10-12H2,1-2H3/t16-/m0/s1. The van der Waals surface area contributed by atoms with Gasteiger partial charge in [-0.2, -0.15) is 0 Å². The number of likely N-dealkylation sites (tertiary alicyclic amines) is 1. The van der Waals surface area contributed by atoms with Crippen molar-refractivity contribution in [1.29, 1.82) is 0 Å². The van der Waals surface area contributed by atoms with Crippen molar-refractivity contribution in [2.75, 3.05) is 26.3 Å². The van der Waals surface area contributed by atoms with Gasteiger partial charge in [0.25, 0.3) is 5.91 Å². The molecule has 3 heterocycles. The van der Waals surface area contributed by atoms with E-state index in [1.54, 1.807) is 11.3 Å². The van der Waals surface area contributed by atoms with Gasteiger partial charge in [0, 0.05) is 31.0 Å². The Labute approximate surface area is 148 Å². The number of carbonyl (C=O) groups excluding carboxylic acids is 1. The fourth-order valence-electron chi connectivity index (χ4n) is 3.77. The van der Waals surface area contributed by atoms with Crippen LogP contribution in [0.5, 0.6) is 0 Å². The van der Waals surface area contributed by atoms with Gasteiger partial charge in [0.15, 0.2) is 0 Å². The molecule has 2 saturated heterocycles. The zero-order valence-corrected chi connectivity index (χ0v) is 15.5. The lowest BCUT2D eigenvalue weighted by molar-refractivity contribution is -0.0409. The highest BCUT2D eigenvalue weighted by Gasteiger charge is 2.44. The summed E-state index contributed by atoms with van der Waals surface area (Å²) in [6.45, 7) is 7.38. The van der Waals surface area contributed by atoms with Crippen molar-refractivity contribution < 1.29 is 14.3 Å². The van der Waals surface area contributed by atoms with Gasteiger partial charge in [-0.1, -0.05) is 0 Å². The number of piperidine rings is 1. The average Bonchev–Trinajstić information content (AvgIpc) is 3.25. The van der Waals surface area contributed by atoms with Crippen LogP contribution in [0.25, 0.3) is 0 Å². The van der Waals surface area contributed by atoms with Gasteiger partial charge in [-0.3, -0.25) is 4.79 Å².